The highest BCUT2D eigenvalue weighted by molar-refractivity contribution is 6.30. The van der Waals surface area contributed by atoms with Crippen molar-refractivity contribution in [2.45, 2.75) is 13.2 Å². The maximum atomic E-state index is 12.8. The number of carbonyl (C=O) groups is 1. The van der Waals surface area contributed by atoms with E-state index in [2.05, 4.69) is 10.00 Å². The van der Waals surface area contributed by atoms with E-state index in [1.54, 1.807) is 6.07 Å². The summed E-state index contributed by atoms with van der Waals surface area (Å²) >= 11 is 5.98. The maximum Gasteiger partial charge on any atom is 0.253 e. The molecule has 0 unspecified atom stereocenters. The summed E-state index contributed by atoms with van der Waals surface area (Å²) in [4.78, 5) is 17.1. The monoisotopic (exact) mass is 424 g/mol. The maximum absolute atomic E-state index is 12.8. The Morgan fingerprint density at radius 2 is 1.83 bits per heavy atom. The molecule has 0 spiro atoms. The number of ether oxygens (including phenoxy) is 1. The molecule has 1 aliphatic rings. The van der Waals surface area contributed by atoms with Gasteiger partial charge in [0.05, 0.1) is 6.20 Å². The number of aromatic nitrogens is 2. The van der Waals surface area contributed by atoms with E-state index in [0.29, 0.717) is 17.2 Å². The second kappa shape index (κ2) is 9.32. The van der Waals surface area contributed by atoms with Crippen molar-refractivity contribution in [1.82, 2.24) is 19.6 Å². The molecular weight excluding hydrogens is 400 g/mol. The van der Waals surface area contributed by atoms with Crippen molar-refractivity contribution in [1.29, 1.82) is 0 Å². The number of halogens is 1. The number of carbonyl (C=O) groups excluding carboxylic acids is 1. The lowest BCUT2D eigenvalue weighted by atomic mass is 10.1. The van der Waals surface area contributed by atoms with E-state index in [0.717, 1.165) is 44.0 Å². The summed E-state index contributed by atoms with van der Waals surface area (Å²) in [7, 11) is 1.93. The minimum Gasteiger partial charge on any atom is -0.489 e. The molecule has 30 heavy (non-hydrogen) atoms. The molecule has 1 fully saturated rings. The zero-order valence-corrected chi connectivity index (χ0v) is 17.8. The van der Waals surface area contributed by atoms with Crippen LogP contribution in [0.5, 0.6) is 5.75 Å². The van der Waals surface area contributed by atoms with Gasteiger partial charge in [-0.2, -0.15) is 5.10 Å². The van der Waals surface area contributed by atoms with Crippen LogP contribution in [-0.4, -0.2) is 51.7 Å². The van der Waals surface area contributed by atoms with E-state index >= 15 is 0 Å². The van der Waals surface area contributed by atoms with Gasteiger partial charge in [-0.25, -0.2) is 0 Å². The molecule has 0 saturated carbocycles. The highest BCUT2D eigenvalue weighted by atomic mass is 35.5. The van der Waals surface area contributed by atoms with Gasteiger partial charge in [0.1, 0.15) is 12.4 Å². The highest BCUT2D eigenvalue weighted by Gasteiger charge is 2.22. The second-order valence-electron chi connectivity index (χ2n) is 7.53. The molecule has 2 aromatic carbocycles. The van der Waals surface area contributed by atoms with Crippen molar-refractivity contribution in [3.63, 3.8) is 0 Å². The Morgan fingerprint density at radius 1 is 1.07 bits per heavy atom. The van der Waals surface area contributed by atoms with Crippen LogP contribution < -0.4 is 4.74 Å². The number of nitrogens with zero attached hydrogens (tertiary/aromatic N) is 4. The average Bonchev–Trinajstić information content (AvgIpc) is 3.17. The first-order valence-electron chi connectivity index (χ1n) is 10.0. The van der Waals surface area contributed by atoms with Gasteiger partial charge >= 0.3 is 0 Å². The van der Waals surface area contributed by atoms with Crippen molar-refractivity contribution in [3.05, 3.63) is 82.6 Å². The van der Waals surface area contributed by atoms with Gasteiger partial charge in [-0.3, -0.25) is 14.4 Å². The van der Waals surface area contributed by atoms with Gasteiger partial charge in [-0.15, -0.1) is 0 Å². The van der Waals surface area contributed by atoms with E-state index in [9.17, 15) is 4.79 Å². The van der Waals surface area contributed by atoms with Gasteiger partial charge in [0.15, 0.2) is 0 Å². The van der Waals surface area contributed by atoms with Crippen LogP contribution in [0, 0.1) is 0 Å². The van der Waals surface area contributed by atoms with Crippen LogP contribution in [0.25, 0.3) is 0 Å². The standard InChI is InChI=1S/C23H25ClN4O2/c1-26-15-19(14-25-26)16-27-9-11-28(12-10-27)23(29)20-7-5-18(6-8-20)17-30-22-4-2-3-21(24)13-22/h2-8,13-15H,9-12,16-17H2,1H3. The van der Waals surface area contributed by atoms with Gasteiger partial charge in [-0.05, 0) is 35.9 Å². The van der Waals surface area contributed by atoms with Crippen LogP contribution in [0.15, 0.2) is 60.9 Å². The van der Waals surface area contributed by atoms with E-state index in [1.165, 1.54) is 5.56 Å². The Kier molecular flexibility index (Phi) is 6.35. The molecule has 0 N–H and O–H groups in total. The molecule has 7 heteroatoms. The largest absolute Gasteiger partial charge is 0.489 e. The van der Waals surface area contributed by atoms with Gasteiger partial charge in [0.25, 0.3) is 5.91 Å². The summed E-state index contributed by atoms with van der Waals surface area (Å²) in [5.41, 5.74) is 2.92. The number of piperazine rings is 1. The molecule has 3 aromatic rings. The first kappa shape index (κ1) is 20.4. The average molecular weight is 425 g/mol. The number of aryl methyl sites for hydroxylation is 1. The van der Waals surface area contributed by atoms with Crippen molar-refractivity contribution in [2.75, 3.05) is 26.2 Å². The molecule has 1 aromatic heterocycles. The van der Waals surface area contributed by atoms with Crippen molar-refractivity contribution in [3.8, 4) is 5.75 Å². The third kappa shape index (κ3) is 5.20. The smallest absolute Gasteiger partial charge is 0.253 e. The summed E-state index contributed by atoms with van der Waals surface area (Å²) in [6.07, 6.45) is 3.93. The number of hydrogen-bond acceptors (Lipinski definition) is 4. The zero-order valence-electron chi connectivity index (χ0n) is 17.0. The topological polar surface area (TPSA) is 50.6 Å². The van der Waals surface area contributed by atoms with Crippen LogP contribution in [0.1, 0.15) is 21.5 Å². The van der Waals surface area contributed by atoms with Crippen LogP contribution in [-0.2, 0) is 20.2 Å². The van der Waals surface area contributed by atoms with E-state index in [4.69, 9.17) is 16.3 Å². The molecule has 1 aliphatic heterocycles. The Bertz CT molecular complexity index is 994. The predicted molar refractivity (Wildman–Crippen MR) is 117 cm³/mol. The normalized spacial score (nSPS) is 14.7. The molecule has 4 rings (SSSR count). The first-order valence-corrected chi connectivity index (χ1v) is 10.4. The lowest BCUT2D eigenvalue weighted by molar-refractivity contribution is 0.0628. The van der Waals surface area contributed by atoms with Crippen molar-refractivity contribution in [2.24, 2.45) is 7.05 Å². The molecular formula is C23H25ClN4O2. The SMILES string of the molecule is Cn1cc(CN2CCN(C(=O)c3ccc(COc4cccc(Cl)c4)cc3)CC2)cn1. The van der Waals surface area contributed by atoms with E-state index in [-0.39, 0.29) is 5.91 Å². The molecule has 2 heterocycles. The van der Waals surface area contributed by atoms with Gasteiger partial charge in [0.2, 0.25) is 0 Å². The lowest BCUT2D eigenvalue weighted by Gasteiger charge is -2.34. The summed E-state index contributed by atoms with van der Waals surface area (Å²) in [6, 6.07) is 15.0. The second-order valence-corrected chi connectivity index (χ2v) is 7.97. The summed E-state index contributed by atoms with van der Waals surface area (Å²) in [5, 5.41) is 4.86. The Morgan fingerprint density at radius 3 is 2.50 bits per heavy atom. The number of benzene rings is 2. The van der Waals surface area contributed by atoms with Crippen LogP contribution in [0.2, 0.25) is 5.02 Å². The van der Waals surface area contributed by atoms with Crippen molar-refractivity contribution < 1.29 is 9.53 Å². The minimum absolute atomic E-state index is 0.0818. The Labute approximate surface area is 181 Å². The van der Waals surface area contributed by atoms with Crippen LogP contribution in [0.3, 0.4) is 0 Å². The fourth-order valence-corrected chi connectivity index (χ4v) is 3.75. The first-order chi connectivity index (χ1) is 14.6. The fraction of sp³-hybridized carbons (Fsp3) is 0.304. The number of rotatable bonds is 6. The Balaban J connectivity index is 1.27. The predicted octanol–water partition coefficient (Wildman–Crippen LogP) is 3.61. The highest BCUT2D eigenvalue weighted by Crippen LogP contribution is 2.19. The third-order valence-electron chi connectivity index (χ3n) is 5.23. The summed E-state index contributed by atoms with van der Waals surface area (Å²) in [5.74, 6) is 0.810. The van der Waals surface area contributed by atoms with Gasteiger partial charge < -0.3 is 9.64 Å². The minimum atomic E-state index is 0.0818. The summed E-state index contributed by atoms with van der Waals surface area (Å²) in [6.45, 7) is 4.51. The molecule has 156 valence electrons. The van der Waals surface area contributed by atoms with Gasteiger partial charge in [0, 0.05) is 62.1 Å². The zero-order chi connectivity index (χ0) is 20.9. The number of amides is 1. The fourth-order valence-electron chi connectivity index (χ4n) is 3.57. The van der Waals surface area contributed by atoms with Crippen LogP contribution in [0.4, 0.5) is 0 Å². The van der Waals surface area contributed by atoms with Crippen molar-refractivity contribution >= 4 is 17.5 Å². The molecule has 0 bridgehead atoms. The van der Waals surface area contributed by atoms with E-state index in [1.807, 2.05) is 71.5 Å². The number of hydrogen-bond donors (Lipinski definition) is 0. The quantitative estimate of drug-likeness (QED) is 0.606. The molecule has 1 saturated heterocycles. The van der Waals surface area contributed by atoms with Gasteiger partial charge in [-0.1, -0.05) is 29.8 Å². The molecule has 0 radical (unpaired) electrons. The van der Waals surface area contributed by atoms with Crippen LogP contribution >= 0.6 is 11.6 Å². The molecule has 1 amide bonds. The summed E-state index contributed by atoms with van der Waals surface area (Å²) < 4.78 is 7.58. The van der Waals surface area contributed by atoms with E-state index < -0.39 is 0 Å². The molecule has 0 atom stereocenters. The Hall–Kier alpha value is -2.83. The molecule has 0 aliphatic carbocycles. The third-order valence-corrected chi connectivity index (χ3v) is 5.46. The lowest BCUT2D eigenvalue weighted by Crippen LogP contribution is -2.48. The molecule has 6 nitrogen and oxygen atoms in total.